The highest BCUT2D eigenvalue weighted by atomic mass is 19.1. The van der Waals surface area contributed by atoms with Gasteiger partial charge in [-0.2, -0.15) is 0 Å². The standard InChI is InChI=1S/C12H12FNO/c1-3-10(8-14-2)9-15-12-6-4-5-11(13)7-12/h3-8H,1-2,9H2. The van der Waals surface area contributed by atoms with Crippen molar-refractivity contribution in [2.45, 2.75) is 0 Å². The molecule has 0 saturated heterocycles. The van der Waals surface area contributed by atoms with Gasteiger partial charge in [0, 0.05) is 17.8 Å². The lowest BCUT2D eigenvalue weighted by atomic mass is 10.3. The summed E-state index contributed by atoms with van der Waals surface area (Å²) in [6.07, 6.45) is 3.17. The zero-order chi connectivity index (χ0) is 11.1. The molecule has 0 aliphatic heterocycles. The van der Waals surface area contributed by atoms with Crippen LogP contribution in [0.3, 0.4) is 0 Å². The summed E-state index contributed by atoms with van der Waals surface area (Å²) in [7, 11) is 0. The third kappa shape index (κ3) is 3.77. The Morgan fingerprint density at radius 1 is 1.53 bits per heavy atom. The second-order valence-corrected chi connectivity index (χ2v) is 2.84. The molecule has 15 heavy (non-hydrogen) atoms. The van der Waals surface area contributed by atoms with Crippen molar-refractivity contribution < 1.29 is 9.13 Å². The molecular formula is C12H12FNO. The molecule has 0 amide bonds. The zero-order valence-electron chi connectivity index (χ0n) is 8.32. The maximum atomic E-state index is 12.8. The zero-order valence-corrected chi connectivity index (χ0v) is 8.32. The molecule has 0 radical (unpaired) electrons. The van der Waals surface area contributed by atoms with Crippen molar-refractivity contribution in [3.8, 4) is 5.75 Å². The molecule has 0 bridgehead atoms. The number of halogens is 1. The van der Waals surface area contributed by atoms with Gasteiger partial charge in [-0.1, -0.05) is 18.7 Å². The van der Waals surface area contributed by atoms with Crippen molar-refractivity contribution in [3.05, 3.63) is 54.5 Å². The van der Waals surface area contributed by atoms with E-state index in [0.717, 1.165) is 5.57 Å². The highest BCUT2D eigenvalue weighted by molar-refractivity contribution is 5.29. The first kappa shape index (κ1) is 11.2. The molecule has 1 aromatic carbocycles. The average molecular weight is 205 g/mol. The third-order valence-electron chi connectivity index (χ3n) is 1.72. The minimum Gasteiger partial charge on any atom is -0.489 e. The van der Waals surface area contributed by atoms with Crippen molar-refractivity contribution >= 4 is 6.72 Å². The van der Waals surface area contributed by atoms with Gasteiger partial charge in [-0.05, 0) is 18.9 Å². The monoisotopic (exact) mass is 205 g/mol. The highest BCUT2D eigenvalue weighted by Gasteiger charge is 1.97. The maximum absolute atomic E-state index is 12.8. The molecule has 0 aromatic heterocycles. The molecule has 0 atom stereocenters. The normalized spacial score (nSPS) is 10.9. The molecule has 0 saturated carbocycles. The fraction of sp³-hybridized carbons (Fsp3) is 0.0833. The van der Waals surface area contributed by atoms with Crippen molar-refractivity contribution in [2.24, 2.45) is 4.99 Å². The maximum Gasteiger partial charge on any atom is 0.126 e. The van der Waals surface area contributed by atoms with Crippen molar-refractivity contribution in [1.82, 2.24) is 0 Å². The van der Waals surface area contributed by atoms with Crippen LogP contribution < -0.4 is 4.74 Å². The van der Waals surface area contributed by atoms with Crippen LogP contribution in [-0.4, -0.2) is 13.3 Å². The van der Waals surface area contributed by atoms with E-state index in [4.69, 9.17) is 4.74 Å². The first-order valence-electron chi connectivity index (χ1n) is 4.42. The summed E-state index contributed by atoms with van der Waals surface area (Å²) in [5, 5.41) is 0. The van der Waals surface area contributed by atoms with Gasteiger partial charge in [-0.25, -0.2) is 4.39 Å². The molecule has 0 aliphatic rings. The molecule has 3 heteroatoms. The number of benzene rings is 1. The van der Waals surface area contributed by atoms with Gasteiger partial charge in [0.1, 0.15) is 18.2 Å². The molecule has 0 spiro atoms. The molecule has 0 aliphatic carbocycles. The number of nitrogens with zero attached hydrogens (tertiary/aromatic N) is 1. The summed E-state index contributed by atoms with van der Waals surface area (Å²) in [6.45, 7) is 7.22. The Morgan fingerprint density at radius 2 is 2.33 bits per heavy atom. The molecule has 0 fully saturated rings. The second-order valence-electron chi connectivity index (χ2n) is 2.84. The Hall–Kier alpha value is -1.90. The molecule has 2 nitrogen and oxygen atoms in total. The fourth-order valence-electron chi connectivity index (χ4n) is 0.990. The van der Waals surface area contributed by atoms with E-state index in [1.54, 1.807) is 24.4 Å². The Kier molecular flexibility index (Phi) is 4.29. The molecule has 1 aromatic rings. The minimum atomic E-state index is -0.321. The van der Waals surface area contributed by atoms with Gasteiger partial charge in [0.25, 0.3) is 0 Å². The van der Waals surface area contributed by atoms with E-state index in [1.807, 2.05) is 0 Å². The van der Waals surface area contributed by atoms with Crippen LogP contribution in [0.5, 0.6) is 5.75 Å². The first-order valence-corrected chi connectivity index (χ1v) is 4.42. The van der Waals surface area contributed by atoms with E-state index < -0.39 is 0 Å². The van der Waals surface area contributed by atoms with Crippen LogP contribution in [0.15, 0.2) is 53.7 Å². The molecule has 78 valence electrons. The summed E-state index contributed by atoms with van der Waals surface area (Å²) in [6, 6.07) is 5.96. The largest absolute Gasteiger partial charge is 0.489 e. The van der Waals surface area contributed by atoms with Crippen LogP contribution in [0.1, 0.15) is 0 Å². The molecular weight excluding hydrogens is 193 g/mol. The predicted octanol–water partition coefficient (Wildman–Crippen LogP) is 2.98. The van der Waals surface area contributed by atoms with E-state index in [1.165, 1.54) is 12.1 Å². The van der Waals surface area contributed by atoms with Gasteiger partial charge in [0.2, 0.25) is 0 Å². The lowest BCUT2D eigenvalue weighted by Crippen LogP contribution is -1.99. The fourth-order valence-corrected chi connectivity index (χ4v) is 0.990. The van der Waals surface area contributed by atoms with Gasteiger partial charge < -0.3 is 4.74 Å². The topological polar surface area (TPSA) is 21.6 Å². The lowest BCUT2D eigenvalue weighted by Gasteiger charge is -2.05. The van der Waals surface area contributed by atoms with Crippen LogP contribution in [-0.2, 0) is 0 Å². The van der Waals surface area contributed by atoms with Crippen molar-refractivity contribution in [1.29, 1.82) is 0 Å². The van der Waals surface area contributed by atoms with Crippen LogP contribution in [0.25, 0.3) is 0 Å². The SMILES string of the molecule is C=CC(=CN=C)COc1cccc(F)c1. The minimum absolute atomic E-state index is 0.298. The number of rotatable bonds is 5. The van der Waals surface area contributed by atoms with Gasteiger partial charge in [0.15, 0.2) is 0 Å². The van der Waals surface area contributed by atoms with E-state index >= 15 is 0 Å². The van der Waals surface area contributed by atoms with Crippen LogP contribution in [0.2, 0.25) is 0 Å². The number of ether oxygens (including phenoxy) is 1. The van der Waals surface area contributed by atoms with E-state index in [-0.39, 0.29) is 5.82 Å². The van der Waals surface area contributed by atoms with Crippen LogP contribution >= 0.6 is 0 Å². The van der Waals surface area contributed by atoms with Gasteiger partial charge in [-0.3, -0.25) is 4.99 Å². The van der Waals surface area contributed by atoms with E-state index in [0.29, 0.717) is 12.4 Å². The molecule has 0 unspecified atom stereocenters. The summed E-state index contributed by atoms with van der Waals surface area (Å²) >= 11 is 0. The lowest BCUT2D eigenvalue weighted by molar-refractivity contribution is 0.353. The van der Waals surface area contributed by atoms with Gasteiger partial charge in [-0.15, -0.1) is 0 Å². The Balaban J connectivity index is 2.60. The second kappa shape index (κ2) is 5.75. The average Bonchev–Trinajstić information content (AvgIpc) is 2.24. The number of hydrogen-bond donors (Lipinski definition) is 0. The number of hydrogen-bond acceptors (Lipinski definition) is 2. The van der Waals surface area contributed by atoms with E-state index in [9.17, 15) is 4.39 Å². The summed E-state index contributed by atoms with van der Waals surface area (Å²) in [5.74, 6) is 0.158. The highest BCUT2D eigenvalue weighted by Crippen LogP contribution is 2.13. The Bertz CT molecular complexity index is 385. The molecule has 0 heterocycles. The predicted molar refractivity (Wildman–Crippen MR) is 59.7 cm³/mol. The number of aliphatic imine (C=N–C) groups is 1. The Labute approximate surface area is 88.4 Å². The van der Waals surface area contributed by atoms with Crippen molar-refractivity contribution in [2.75, 3.05) is 6.61 Å². The summed E-state index contributed by atoms with van der Waals surface area (Å²) in [5.41, 5.74) is 0.786. The van der Waals surface area contributed by atoms with Gasteiger partial charge in [0.05, 0.1) is 0 Å². The Morgan fingerprint density at radius 3 is 2.93 bits per heavy atom. The van der Waals surface area contributed by atoms with Crippen LogP contribution in [0, 0.1) is 5.82 Å². The third-order valence-corrected chi connectivity index (χ3v) is 1.72. The first-order chi connectivity index (χ1) is 7.26. The van der Waals surface area contributed by atoms with E-state index in [2.05, 4.69) is 18.3 Å². The van der Waals surface area contributed by atoms with Gasteiger partial charge >= 0.3 is 0 Å². The van der Waals surface area contributed by atoms with Crippen molar-refractivity contribution in [3.63, 3.8) is 0 Å². The quantitative estimate of drug-likeness (QED) is 0.535. The summed E-state index contributed by atoms with van der Waals surface area (Å²) in [4.78, 5) is 3.60. The molecule has 0 N–H and O–H groups in total. The smallest absolute Gasteiger partial charge is 0.126 e. The molecule has 1 rings (SSSR count). The van der Waals surface area contributed by atoms with Crippen LogP contribution in [0.4, 0.5) is 4.39 Å². The summed E-state index contributed by atoms with van der Waals surface area (Å²) < 4.78 is 18.1.